The van der Waals surface area contributed by atoms with Crippen LogP contribution in [0.5, 0.6) is 0 Å². The molecule has 2 atom stereocenters. The van der Waals surface area contributed by atoms with Gasteiger partial charge in [0.15, 0.2) is 0 Å². The van der Waals surface area contributed by atoms with E-state index in [9.17, 15) is 9.13 Å². The number of rotatable bonds is 14. The molecule has 0 spiro atoms. The monoisotopic (exact) mass is 504 g/mol. The quantitative estimate of drug-likeness (QED) is 0.266. The van der Waals surface area contributed by atoms with E-state index in [-0.39, 0.29) is 26.3 Å². The fraction of sp³-hybridized carbons (Fsp3) is 0.250. The van der Waals surface area contributed by atoms with Crippen LogP contribution in [0.2, 0.25) is 0 Å². The first-order chi connectivity index (χ1) is 16.5. The van der Waals surface area contributed by atoms with Crippen LogP contribution < -0.4 is 10.2 Å². The molecule has 2 N–H and O–H groups in total. The number of hydrogen-bond acceptors (Lipinski definition) is 6. The van der Waals surface area contributed by atoms with Gasteiger partial charge in [0.25, 0.3) is 0 Å². The Morgan fingerprint density at radius 3 is 1.29 bits per heavy atom. The third kappa shape index (κ3) is 8.27. The molecule has 0 heterocycles. The molecular weight excluding hydrogens is 474 g/mol. The average molecular weight is 504 g/mol. The van der Waals surface area contributed by atoms with Crippen LogP contribution in [-0.2, 0) is 53.5 Å². The Morgan fingerprint density at radius 1 is 0.588 bits per heavy atom. The fourth-order valence-electron chi connectivity index (χ4n) is 3.06. The Labute approximate surface area is 200 Å². The first-order valence-electron chi connectivity index (χ1n) is 10.7. The highest BCUT2D eigenvalue weighted by Gasteiger charge is 2.25. The van der Waals surface area contributed by atoms with Crippen molar-refractivity contribution < 1.29 is 27.2 Å². The zero-order valence-electron chi connectivity index (χ0n) is 19.3. The zero-order chi connectivity index (χ0) is 24.3. The van der Waals surface area contributed by atoms with Crippen LogP contribution in [-0.4, -0.2) is 14.2 Å². The molecule has 3 aromatic carbocycles. The van der Waals surface area contributed by atoms with Crippen molar-refractivity contribution in [3.05, 3.63) is 107 Å². The summed E-state index contributed by atoms with van der Waals surface area (Å²) in [7, 11) is -4.38. The Kier molecular flexibility index (Phi) is 10.2. The lowest BCUT2D eigenvalue weighted by Gasteiger charge is -2.20. The Balaban J connectivity index is 1.58. The van der Waals surface area contributed by atoms with Crippen LogP contribution in [0.4, 0.5) is 0 Å². The van der Waals surface area contributed by atoms with Crippen LogP contribution in [0.1, 0.15) is 22.3 Å². The maximum absolute atomic E-state index is 13.0. The van der Waals surface area contributed by atoms with Gasteiger partial charge in [0.2, 0.25) is 0 Å². The molecule has 0 saturated heterocycles. The normalized spacial score (nSPS) is 14.9. The van der Waals surface area contributed by atoms with Gasteiger partial charge in [0.05, 0.1) is 13.2 Å². The van der Waals surface area contributed by atoms with Gasteiger partial charge >= 0.3 is 15.5 Å². The minimum atomic E-state index is -3.53. The summed E-state index contributed by atoms with van der Waals surface area (Å²) in [5.41, 5.74) is 3.44. The number of hydrogen-bond donors (Lipinski definition) is 2. The second kappa shape index (κ2) is 13.1. The van der Waals surface area contributed by atoms with Crippen LogP contribution >= 0.6 is 15.5 Å². The third-order valence-electron chi connectivity index (χ3n) is 5.01. The van der Waals surface area contributed by atoms with Crippen molar-refractivity contribution in [3.8, 4) is 0 Å². The van der Waals surface area contributed by atoms with Crippen molar-refractivity contribution in [2.24, 2.45) is 0 Å². The molecule has 0 aliphatic heterocycles. The van der Waals surface area contributed by atoms with Crippen molar-refractivity contribution in [3.63, 3.8) is 0 Å². The summed E-state index contributed by atoms with van der Waals surface area (Å²) in [6, 6.07) is 26.4. The molecule has 0 saturated carbocycles. The van der Waals surface area contributed by atoms with Crippen molar-refractivity contribution in [1.29, 1.82) is 0 Å². The second-order valence-electron chi connectivity index (χ2n) is 7.32. The summed E-state index contributed by atoms with van der Waals surface area (Å²) in [5.74, 6) is 0. The molecule has 0 amide bonds. The van der Waals surface area contributed by atoms with E-state index in [0.717, 1.165) is 22.3 Å². The van der Waals surface area contributed by atoms with Gasteiger partial charge in [-0.05, 0) is 22.3 Å². The van der Waals surface area contributed by atoms with Crippen molar-refractivity contribution in [2.75, 3.05) is 14.2 Å². The predicted octanol–water partition coefficient (Wildman–Crippen LogP) is 5.81. The van der Waals surface area contributed by atoms with E-state index in [1.165, 1.54) is 14.2 Å². The number of benzene rings is 3. The van der Waals surface area contributed by atoms with Crippen LogP contribution in [0.25, 0.3) is 0 Å². The minimum absolute atomic E-state index is 0.151. The maximum atomic E-state index is 13.0. The van der Waals surface area contributed by atoms with Crippen LogP contribution in [0.3, 0.4) is 0 Å². The van der Waals surface area contributed by atoms with Crippen LogP contribution in [0, 0.1) is 0 Å². The molecule has 0 aliphatic carbocycles. The molecule has 8 nitrogen and oxygen atoms in total. The molecule has 34 heavy (non-hydrogen) atoms. The van der Waals surface area contributed by atoms with Gasteiger partial charge in [0.1, 0.15) is 0 Å². The third-order valence-corrected chi connectivity index (χ3v) is 8.00. The lowest BCUT2D eigenvalue weighted by molar-refractivity contribution is 0.214. The molecule has 2 unspecified atom stereocenters. The van der Waals surface area contributed by atoms with E-state index in [2.05, 4.69) is 10.2 Å². The van der Waals surface area contributed by atoms with Gasteiger partial charge in [-0.3, -0.25) is 9.05 Å². The van der Waals surface area contributed by atoms with Gasteiger partial charge in [-0.15, -0.1) is 0 Å². The summed E-state index contributed by atoms with van der Waals surface area (Å²) >= 11 is 0. The Hall–Kier alpha value is -2.12. The van der Waals surface area contributed by atoms with Crippen LogP contribution in [0.15, 0.2) is 84.9 Å². The molecule has 10 heteroatoms. The Morgan fingerprint density at radius 2 is 0.941 bits per heavy atom. The molecule has 0 aliphatic rings. The SMILES string of the molecule is COP(=O)(NCc1ccccc1CNP(=O)(OC)OCc1ccccc1)OCc1ccccc1. The smallest absolute Gasteiger partial charge is 0.300 e. The highest BCUT2D eigenvalue weighted by molar-refractivity contribution is 7.51. The lowest BCUT2D eigenvalue weighted by Crippen LogP contribution is -2.18. The molecular formula is C24H30N2O6P2. The van der Waals surface area contributed by atoms with E-state index in [1.54, 1.807) is 0 Å². The number of nitrogens with one attached hydrogen (secondary N) is 2. The van der Waals surface area contributed by atoms with Gasteiger partial charge in [-0.1, -0.05) is 84.9 Å². The standard InChI is InChI=1S/C24H30N2O6P2/c1-29-33(27,31-19-21-11-5-3-6-12-21)25-17-23-15-9-10-16-24(23)18-26-34(28,30-2)32-20-22-13-7-4-8-14-22/h3-16H,17-20H2,1-2H3,(H,25,27)(H,26,28). The van der Waals surface area contributed by atoms with Crippen molar-refractivity contribution in [1.82, 2.24) is 10.2 Å². The van der Waals surface area contributed by atoms with Gasteiger partial charge in [-0.2, -0.15) is 0 Å². The highest BCUT2D eigenvalue weighted by atomic mass is 31.2. The molecule has 3 aromatic rings. The molecule has 3 rings (SSSR count). The van der Waals surface area contributed by atoms with E-state index in [4.69, 9.17) is 18.1 Å². The first-order valence-corrected chi connectivity index (χ1v) is 13.8. The zero-order valence-corrected chi connectivity index (χ0v) is 21.0. The van der Waals surface area contributed by atoms with E-state index in [0.29, 0.717) is 0 Å². The van der Waals surface area contributed by atoms with E-state index >= 15 is 0 Å². The summed E-state index contributed by atoms with van der Waals surface area (Å²) < 4.78 is 47.3. The summed E-state index contributed by atoms with van der Waals surface area (Å²) in [6.45, 7) is 0.746. The lowest BCUT2D eigenvalue weighted by atomic mass is 10.1. The summed E-state index contributed by atoms with van der Waals surface area (Å²) in [4.78, 5) is 0. The maximum Gasteiger partial charge on any atom is 0.405 e. The summed E-state index contributed by atoms with van der Waals surface area (Å²) in [6.07, 6.45) is 0. The topological polar surface area (TPSA) is 95.1 Å². The second-order valence-corrected chi connectivity index (χ2v) is 11.2. The van der Waals surface area contributed by atoms with Crippen molar-refractivity contribution >= 4 is 15.5 Å². The van der Waals surface area contributed by atoms with Gasteiger partial charge in [0, 0.05) is 27.3 Å². The minimum Gasteiger partial charge on any atom is -0.300 e. The fourth-order valence-corrected chi connectivity index (χ4v) is 5.08. The summed E-state index contributed by atoms with van der Waals surface area (Å²) in [5, 5.41) is 5.76. The molecule has 0 radical (unpaired) electrons. The molecule has 0 aromatic heterocycles. The average Bonchev–Trinajstić information content (AvgIpc) is 2.90. The molecule has 182 valence electrons. The van der Waals surface area contributed by atoms with E-state index < -0.39 is 15.5 Å². The molecule has 0 fully saturated rings. The van der Waals surface area contributed by atoms with Gasteiger partial charge < -0.3 is 9.05 Å². The predicted molar refractivity (Wildman–Crippen MR) is 132 cm³/mol. The van der Waals surface area contributed by atoms with Gasteiger partial charge in [-0.25, -0.2) is 19.3 Å². The van der Waals surface area contributed by atoms with E-state index in [1.807, 2.05) is 84.9 Å². The highest BCUT2D eigenvalue weighted by Crippen LogP contribution is 2.45. The first kappa shape index (κ1) is 26.5. The van der Waals surface area contributed by atoms with Crippen molar-refractivity contribution in [2.45, 2.75) is 26.3 Å². The Bertz CT molecular complexity index is 1030. The largest absolute Gasteiger partial charge is 0.405 e. The molecule has 0 bridgehead atoms.